The molecule has 3 rings (SSSR count). The number of halogens is 3. The lowest BCUT2D eigenvalue weighted by Gasteiger charge is -2.32. The standard InChI is InChI=1S/C16H21BF3NO3/c1-14(2)15(3,4)24-17(23-14)11-7-8-12(21-9-11)22-13(10-5-6-10)16(18,19)20/h7-10,13H,5-6H2,1-4H3. The van der Waals surface area contributed by atoms with E-state index < -0.39 is 36.5 Å². The van der Waals surface area contributed by atoms with Gasteiger partial charge in [-0.1, -0.05) is 6.07 Å². The predicted molar refractivity (Wildman–Crippen MR) is 83.1 cm³/mol. The summed E-state index contributed by atoms with van der Waals surface area (Å²) in [4.78, 5) is 4.00. The average molecular weight is 343 g/mol. The molecule has 1 atom stereocenters. The first-order chi connectivity index (χ1) is 11.0. The molecule has 0 spiro atoms. The monoisotopic (exact) mass is 343 g/mol. The Morgan fingerprint density at radius 1 is 1.17 bits per heavy atom. The van der Waals surface area contributed by atoms with Gasteiger partial charge in [-0.05, 0) is 46.6 Å². The lowest BCUT2D eigenvalue weighted by molar-refractivity contribution is -0.201. The summed E-state index contributed by atoms with van der Waals surface area (Å²) in [5.74, 6) is -0.501. The van der Waals surface area contributed by atoms with Crippen molar-refractivity contribution < 1.29 is 27.2 Å². The molecule has 0 amide bonds. The molecule has 1 aliphatic carbocycles. The van der Waals surface area contributed by atoms with E-state index in [0.29, 0.717) is 18.3 Å². The van der Waals surface area contributed by atoms with Crippen molar-refractivity contribution in [1.82, 2.24) is 4.98 Å². The zero-order chi connectivity index (χ0) is 17.8. The molecule has 1 saturated heterocycles. The fourth-order valence-electron chi connectivity index (χ4n) is 2.54. The second-order valence-electron chi connectivity index (χ2n) is 7.44. The summed E-state index contributed by atoms with van der Waals surface area (Å²) in [6, 6.07) is 3.06. The molecule has 0 N–H and O–H groups in total. The third kappa shape index (κ3) is 3.40. The smallest absolute Gasteiger partial charge is 0.464 e. The van der Waals surface area contributed by atoms with Crippen LogP contribution in [0.25, 0.3) is 0 Å². The van der Waals surface area contributed by atoms with Crippen molar-refractivity contribution in [1.29, 1.82) is 0 Å². The fraction of sp³-hybridized carbons (Fsp3) is 0.688. The van der Waals surface area contributed by atoms with Gasteiger partial charge in [0, 0.05) is 17.6 Å². The Balaban J connectivity index is 1.70. The van der Waals surface area contributed by atoms with Crippen LogP contribution in [0.1, 0.15) is 40.5 Å². The van der Waals surface area contributed by atoms with E-state index in [1.807, 2.05) is 27.7 Å². The molecule has 1 aliphatic heterocycles. The summed E-state index contributed by atoms with van der Waals surface area (Å²) in [6.07, 6.45) is -3.65. The molecule has 1 saturated carbocycles. The molecular weight excluding hydrogens is 322 g/mol. The van der Waals surface area contributed by atoms with Gasteiger partial charge in [0.15, 0.2) is 6.10 Å². The predicted octanol–water partition coefficient (Wildman–Crippen LogP) is 3.10. The van der Waals surface area contributed by atoms with Gasteiger partial charge in [-0.3, -0.25) is 0 Å². The number of rotatable bonds is 4. The Bertz CT molecular complexity index is 584. The molecule has 1 aromatic heterocycles. The molecular formula is C16H21BF3NO3. The minimum atomic E-state index is -4.38. The molecule has 1 aromatic rings. The second-order valence-corrected chi connectivity index (χ2v) is 7.44. The molecule has 8 heteroatoms. The van der Waals surface area contributed by atoms with Gasteiger partial charge < -0.3 is 14.0 Å². The van der Waals surface area contributed by atoms with Crippen LogP contribution < -0.4 is 10.2 Å². The van der Waals surface area contributed by atoms with E-state index in [9.17, 15) is 13.2 Å². The SMILES string of the molecule is CC1(C)OB(c2ccc(OC(C3CC3)C(F)(F)F)nc2)OC1(C)C. The molecule has 132 valence electrons. The Kier molecular flexibility index (Phi) is 4.11. The zero-order valence-electron chi connectivity index (χ0n) is 14.2. The van der Waals surface area contributed by atoms with Crippen LogP contribution in [0.2, 0.25) is 0 Å². The van der Waals surface area contributed by atoms with Crippen LogP contribution in [0.3, 0.4) is 0 Å². The quantitative estimate of drug-likeness (QED) is 0.788. The van der Waals surface area contributed by atoms with Gasteiger partial charge in [-0.25, -0.2) is 4.98 Å². The first-order valence-corrected chi connectivity index (χ1v) is 8.04. The Hall–Kier alpha value is -1.28. The van der Waals surface area contributed by atoms with E-state index in [2.05, 4.69) is 4.98 Å². The number of hydrogen-bond acceptors (Lipinski definition) is 4. The lowest BCUT2D eigenvalue weighted by Crippen LogP contribution is -2.41. The highest BCUT2D eigenvalue weighted by Crippen LogP contribution is 2.42. The van der Waals surface area contributed by atoms with Crippen LogP contribution in [-0.2, 0) is 9.31 Å². The maximum atomic E-state index is 13.0. The number of nitrogens with zero attached hydrogens (tertiary/aromatic N) is 1. The van der Waals surface area contributed by atoms with Crippen LogP contribution in [0.5, 0.6) is 5.88 Å². The largest absolute Gasteiger partial charge is 0.496 e. The minimum absolute atomic E-state index is 0.0375. The molecule has 24 heavy (non-hydrogen) atoms. The van der Waals surface area contributed by atoms with Crippen molar-refractivity contribution in [2.45, 2.75) is 64.0 Å². The normalized spacial score (nSPS) is 24.0. The fourth-order valence-corrected chi connectivity index (χ4v) is 2.54. The van der Waals surface area contributed by atoms with E-state index in [0.717, 1.165) is 0 Å². The van der Waals surface area contributed by atoms with Crippen LogP contribution >= 0.6 is 0 Å². The third-order valence-electron chi connectivity index (χ3n) is 4.91. The Labute approximate surface area is 139 Å². The summed E-state index contributed by atoms with van der Waals surface area (Å²) in [7, 11) is -0.599. The summed E-state index contributed by atoms with van der Waals surface area (Å²) in [5, 5.41) is 0. The second kappa shape index (κ2) is 5.63. The topological polar surface area (TPSA) is 40.6 Å². The van der Waals surface area contributed by atoms with Crippen molar-refractivity contribution in [3.8, 4) is 5.88 Å². The summed E-state index contributed by atoms with van der Waals surface area (Å²) in [6.45, 7) is 7.73. The van der Waals surface area contributed by atoms with E-state index >= 15 is 0 Å². The van der Waals surface area contributed by atoms with E-state index in [1.165, 1.54) is 12.3 Å². The molecule has 2 heterocycles. The maximum absolute atomic E-state index is 13.0. The summed E-state index contributed by atoms with van der Waals surface area (Å²) >= 11 is 0. The lowest BCUT2D eigenvalue weighted by atomic mass is 9.80. The summed E-state index contributed by atoms with van der Waals surface area (Å²) in [5.41, 5.74) is -0.323. The van der Waals surface area contributed by atoms with Gasteiger partial charge in [0.2, 0.25) is 5.88 Å². The molecule has 0 radical (unpaired) electrons. The minimum Gasteiger partial charge on any atom is -0.464 e. The molecule has 1 unspecified atom stereocenters. The first-order valence-electron chi connectivity index (χ1n) is 8.04. The van der Waals surface area contributed by atoms with Gasteiger partial charge >= 0.3 is 13.3 Å². The van der Waals surface area contributed by atoms with Crippen LogP contribution in [0.15, 0.2) is 18.3 Å². The van der Waals surface area contributed by atoms with Crippen molar-refractivity contribution >= 4 is 12.6 Å². The van der Waals surface area contributed by atoms with Crippen molar-refractivity contribution in [2.24, 2.45) is 5.92 Å². The molecule has 0 bridgehead atoms. The van der Waals surface area contributed by atoms with E-state index in [-0.39, 0.29) is 5.88 Å². The van der Waals surface area contributed by atoms with Crippen LogP contribution in [-0.4, -0.2) is 35.6 Å². The van der Waals surface area contributed by atoms with Gasteiger partial charge in [0.1, 0.15) is 0 Å². The Morgan fingerprint density at radius 2 is 1.75 bits per heavy atom. The van der Waals surface area contributed by atoms with Gasteiger partial charge in [-0.15, -0.1) is 0 Å². The zero-order valence-corrected chi connectivity index (χ0v) is 14.2. The highest BCUT2D eigenvalue weighted by molar-refractivity contribution is 6.62. The van der Waals surface area contributed by atoms with Crippen molar-refractivity contribution in [2.75, 3.05) is 0 Å². The number of pyridine rings is 1. The van der Waals surface area contributed by atoms with Crippen molar-refractivity contribution in [3.05, 3.63) is 18.3 Å². The van der Waals surface area contributed by atoms with Crippen LogP contribution in [0, 0.1) is 5.92 Å². The van der Waals surface area contributed by atoms with Crippen molar-refractivity contribution in [3.63, 3.8) is 0 Å². The highest BCUT2D eigenvalue weighted by atomic mass is 19.4. The number of alkyl halides is 3. The first kappa shape index (κ1) is 17.5. The molecule has 0 aromatic carbocycles. The van der Waals surface area contributed by atoms with Gasteiger partial charge in [-0.2, -0.15) is 13.2 Å². The van der Waals surface area contributed by atoms with Crippen LogP contribution in [0.4, 0.5) is 13.2 Å². The number of aromatic nitrogens is 1. The molecule has 4 nitrogen and oxygen atoms in total. The van der Waals surface area contributed by atoms with Gasteiger partial charge in [0.05, 0.1) is 11.2 Å². The Morgan fingerprint density at radius 3 is 2.17 bits per heavy atom. The third-order valence-corrected chi connectivity index (χ3v) is 4.91. The highest BCUT2D eigenvalue weighted by Gasteiger charge is 2.52. The van der Waals surface area contributed by atoms with Gasteiger partial charge in [0.25, 0.3) is 0 Å². The average Bonchev–Trinajstić information content (AvgIpc) is 3.23. The number of hydrogen-bond donors (Lipinski definition) is 0. The molecule has 2 fully saturated rings. The molecule has 2 aliphatic rings. The number of ether oxygens (including phenoxy) is 1. The van der Waals surface area contributed by atoms with E-state index in [4.69, 9.17) is 14.0 Å². The van der Waals surface area contributed by atoms with E-state index in [1.54, 1.807) is 6.07 Å². The summed E-state index contributed by atoms with van der Waals surface area (Å²) < 4.78 is 55.9. The maximum Gasteiger partial charge on any atom is 0.496 e.